The number of anilines is 1. The minimum atomic E-state index is -0.429. The molecule has 1 aromatic carbocycles. The van der Waals surface area contributed by atoms with Gasteiger partial charge in [-0.3, -0.25) is 0 Å². The summed E-state index contributed by atoms with van der Waals surface area (Å²) < 4.78 is 10.0. The van der Waals surface area contributed by atoms with Crippen LogP contribution in [0.25, 0.3) is 0 Å². The van der Waals surface area contributed by atoms with E-state index in [-0.39, 0.29) is 6.54 Å². The van der Waals surface area contributed by atoms with Gasteiger partial charge in [-0.15, -0.1) is 0 Å². The summed E-state index contributed by atoms with van der Waals surface area (Å²) >= 11 is 5.87. The smallest absolute Gasteiger partial charge is 0.319 e. The Morgan fingerprint density at radius 1 is 1.50 bits per heavy atom. The third kappa shape index (κ3) is 3.61. The van der Waals surface area contributed by atoms with E-state index in [2.05, 4.69) is 20.8 Å². The monoisotopic (exact) mass is 296 g/mol. The molecular formula is C12H13ClN4O3. The first kappa shape index (κ1) is 14.1. The highest BCUT2D eigenvalue weighted by Gasteiger charge is 2.09. The van der Waals surface area contributed by atoms with Crippen molar-refractivity contribution in [2.45, 2.75) is 13.5 Å². The van der Waals surface area contributed by atoms with Gasteiger partial charge in [-0.1, -0.05) is 16.8 Å². The zero-order chi connectivity index (χ0) is 14.5. The van der Waals surface area contributed by atoms with E-state index in [1.54, 1.807) is 25.1 Å². The number of carbonyl (C=O) groups is 1. The first-order chi connectivity index (χ1) is 9.58. The molecule has 0 aliphatic carbocycles. The molecule has 0 bridgehead atoms. The molecule has 0 radical (unpaired) electrons. The van der Waals surface area contributed by atoms with Gasteiger partial charge in [0.2, 0.25) is 5.89 Å². The second-order valence-electron chi connectivity index (χ2n) is 3.89. The molecule has 2 N–H and O–H groups in total. The first-order valence-corrected chi connectivity index (χ1v) is 6.14. The number of methoxy groups -OCH3 is 1. The standard InChI is InChI=1S/C12H13ClN4O3/c1-7-15-11(20-17-7)6-14-12(18)16-9-5-8(13)3-4-10(9)19-2/h3-5H,6H2,1-2H3,(H2,14,16,18). The molecule has 0 saturated carbocycles. The van der Waals surface area contributed by atoms with Crippen LogP contribution in [0, 0.1) is 6.92 Å². The van der Waals surface area contributed by atoms with Crippen LogP contribution in [0.3, 0.4) is 0 Å². The first-order valence-electron chi connectivity index (χ1n) is 5.76. The number of halogens is 1. The van der Waals surface area contributed by atoms with Crippen LogP contribution < -0.4 is 15.4 Å². The Labute approximate surface area is 120 Å². The minimum Gasteiger partial charge on any atom is -0.495 e. The molecule has 0 atom stereocenters. The van der Waals surface area contributed by atoms with Crippen molar-refractivity contribution in [2.75, 3.05) is 12.4 Å². The fourth-order valence-electron chi connectivity index (χ4n) is 1.51. The van der Waals surface area contributed by atoms with Gasteiger partial charge in [0.15, 0.2) is 5.82 Å². The highest BCUT2D eigenvalue weighted by molar-refractivity contribution is 6.31. The second-order valence-corrected chi connectivity index (χ2v) is 4.32. The Morgan fingerprint density at radius 2 is 2.30 bits per heavy atom. The molecule has 0 unspecified atom stereocenters. The SMILES string of the molecule is COc1ccc(Cl)cc1NC(=O)NCc1nc(C)no1. The van der Waals surface area contributed by atoms with E-state index >= 15 is 0 Å². The van der Waals surface area contributed by atoms with Crippen LogP contribution in [0.15, 0.2) is 22.7 Å². The van der Waals surface area contributed by atoms with E-state index in [0.717, 1.165) is 0 Å². The van der Waals surface area contributed by atoms with Crippen molar-refractivity contribution < 1.29 is 14.1 Å². The Bertz CT molecular complexity index is 614. The Hall–Kier alpha value is -2.28. The van der Waals surface area contributed by atoms with E-state index in [1.165, 1.54) is 7.11 Å². The largest absolute Gasteiger partial charge is 0.495 e. The van der Waals surface area contributed by atoms with Gasteiger partial charge in [-0.05, 0) is 25.1 Å². The molecular weight excluding hydrogens is 284 g/mol. The van der Waals surface area contributed by atoms with Gasteiger partial charge in [0.05, 0.1) is 19.3 Å². The Morgan fingerprint density at radius 3 is 2.95 bits per heavy atom. The average Bonchev–Trinajstić information content (AvgIpc) is 2.83. The number of hydrogen-bond acceptors (Lipinski definition) is 5. The molecule has 0 saturated heterocycles. The highest BCUT2D eigenvalue weighted by Crippen LogP contribution is 2.27. The van der Waals surface area contributed by atoms with Crippen LogP contribution >= 0.6 is 11.6 Å². The van der Waals surface area contributed by atoms with Crippen molar-refractivity contribution in [1.29, 1.82) is 0 Å². The van der Waals surface area contributed by atoms with E-state index in [1.807, 2.05) is 0 Å². The molecule has 8 heteroatoms. The number of rotatable bonds is 4. The van der Waals surface area contributed by atoms with E-state index in [4.69, 9.17) is 20.9 Å². The van der Waals surface area contributed by atoms with Crippen LogP contribution in [0.2, 0.25) is 5.02 Å². The van der Waals surface area contributed by atoms with Gasteiger partial charge < -0.3 is 19.9 Å². The number of ether oxygens (including phenoxy) is 1. The number of benzene rings is 1. The van der Waals surface area contributed by atoms with Gasteiger partial charge in [0, 0.05) is 5.02 Å². The summed E-state index contributed by atoms with van der Waals surface area (Å²) in [4.78, 5) is 15.7. The van der Waals surface area contributed by atoms with E-state index < -0.39 is 6.03 Å². The number of carbonyl (C=O) groups excluding carboxylic acids is 1. The van der Waals surface area contributed by atoms with E-state index in [0.29, 0.717) is 28.2 Å². The molecule has 7 nitrogen and oxygen atoms in total. The summed E-state index contributed by atoms with van der Waals surface area (Å²) in [6, 6.07) is 4.50. The number of nitrogens with one attached hydrogen (secondary N) is 2. The third-order valence-electron chi connectivity index (χ3n) is 2.38. The number of hydrogen-bond donors (Lipinski definition) is 2. The van der Waals surface area contributed by atoms with Crippen molar-refractivity contribution >= 4 is 23.3 Å². The van der Waals surface area contributed by atoms with Gasteiger partial charge in [-0.2, -0.15) is 4.98 Å². The normalized spacial score (nSPS) is 10.2. The summed E-state index contributed by atoms with van der Waals surface area (Å²) in [5.41, 5.74) is 0.471. The fourth-order valence-corrected chi connectivity index (χ4v) is 1.68. The molecule has 2 rings (SSSR count). The minimum absolute atomic E-state index is 0.134. The van der Waals surface area contributed by atoms with Gasteiger partial charge in [-0.25, -0.2) is 4.79 Å². The predicted octanol–water partition coefficient (Wildman–Crippen LogP) is 2.36. The van der Waals surface area contributed by atoms with E-state index in [9.17, 15) is 4.79 Å². The summed E-state index contributed by atoms with van der Waals surface area (Å²) in [6.45, 7) is 1.83. The Kier molecular flexibility index (Phi) is 4.41. The van der Waals surface area contributed by atoms with Gasteiger partial charge in [0.25, 0.3) is 0 Å². The topological polar surface area (TPSA) is 89.3 Å². The zero-order valence-electron chi connectivity index (χ0n) is 10.9. The molecule has 20 heavy (non-hydrogen) atoms. The quantitative estimate of drug-likeness (QED) is 0.904. The summed E-state index contributed by atoms with van der Waals surface area (Å²) in [5.74, 6) is 1.35. The number of urea groups is 1. The fraction of sp³-hybridized carbons (Fsp3) is 0.250. The van der Waals surface area contributed by atoms with Crippen molar-refractivity contribution in [3.63, 3.8) is 0 Å². The third-order valence-corrected chi connectivity index (χ3v) is 2.61. The predicted molar refractivity (Wildman–Crippen MR) is 72.9 cm³/mol. The highest BCUT2D eigenvalue weighted by atomic mass is 35.5. The van der Waals surface area contributed by atoms with Crippen molar-refractivity contribution in [3.05, 3.63) is 34.9 Å². The maximum atomic E-state index is 11.8. The molecule has 106 valence electrons. The van der Waals surface area contributed by atoms with Crippen LogP contribution in [0.4, 0.5) is 10.5 Å². The molecule has 1 aromatic heterocycles. The maximum absolute atomic E-state index is 11.8. The van der Waals surface area contributed by atoms with Crippen LogP contribution in [-0.2, 0) is 6.54 Å². The lowest BCUT2D eigenvalue weighted by atomic mass is 10.3. The molecule has 0 spiro atoms. The van der Waals surface area contributed by atoms with Gasteiger partial charge in [0.1, 0.15) is 5.75 Å². The van der Waals surface area contributed by atoms with Crippen LogP contribution in [0.5, 0.6) is 5.75 Å². The van der Waals surface area contributed by atoms with Gasteiger partial charge >= 0.3 is 6.03 Å². The van der Waals surface area contributed by atoms with Crippen LogP contribution in [0.1, 0.15) is 11.7 Å². The lowest BCUT2D eigenvalue weighted by Crippen LogP contribution is -2.28. The lowest BCUT2D eigenvalue weighted by molar-refractivity contribution is 0.249. The molecule has 2 aromatic rings. The average molecular weight is 297 g/mol. The van der Waals surface area contributed by atoms with Crippen molar-refractivity contribution in [1.82, 2.24) is 15.5 Å². The zero-order valence-corrected chi connectivity index (χ0v) is 11.7. The summed E-state index contributed by atoms with van der Waals surface area (Å²) in [5, 5.41) is 9.33. The number of amides is 2. The molecule has 2 amide bonds. The van der Waals surface area contributed by atoms with Crippen molar-refractivity contribution in [2.24, 2.45) is 0 Å². The summed E-state index contributed by atoms with van der Waals surface area (Å²) in [7, 11) is 1.51. The number of aryl methyl sites for hydroxylation is 1. The second kappa shape index (κ2) is 6.25. The lowest BCUT2D eigenvalue weighted by Gasteiger charge is -2.10. The summed E-state index contributed by atoms with van der Waals surface area (Å²) in [6.07, 6.45) is 0. The maximum Gasteiger partial charge on any atom is 0.319 e. The number of nitrogens with zero attached hydrogens (tertiary/aromatic N) is 2. The molecule has 0 aliphatic rings. The molecule has 0 fully saturated rings. The Balaban J connectivity index is 1.96. The van der Waals surface area contributed by atoms with Crippen molar-refractivity contribution in [3.8, 4) is 5.75 Å². The number of aromatic nitrogens is 2. The molecule has 1 heterocycles. The molecule has 0 aliphatic heterocycles. The van der Waals surface area contributed by atoms with Crippen LogP contribution in [-0.4, -0.2) is 23.3 Å².